The van der Waals surface area contributed by atoms with Gasteiger partial charge in [0.05, 0.1) is 5.75 Å². The number of carbonyl (C=O) groups excluding carboxylic acids is 1. The number of carboxylic acid groups (broad SMARTS) is 1. The molecule has 0 aromatic heterocycles. The summed E-state index contributed by atoms with van der Waals surface area (Å²) in [5.74, 6) is -1.60. The van der Waals surface area contributed by atoms with E-state index in [4.69, 9.17) is 5.11 Å². The minimum absolute atomic E-state index is 0.0563. The van der Waals surface area contributed by atoms with Gasteiger partial charge in [0, 0.05) is 19.0 Å². The maximum atomic E-state index is 12.0. The number of carboxylic acids is 1. The molecule has 0 spiro atoms. The van der Waals surface area contributed by atoms with Gasteiger partial charge in [0.1, 0.15) is 6.04 Å². The van der Waals surface area contributed by atoms with Gasteiger partial charge in [-0.1, -0.05) is 6.92 Å². The van der Waals surface area contributed by atoms with Gasteiger partial charge in [-0.05, 0) is 26.2 Å². The summed E-state index contributed by atoms with van der Waals surface area (Å²) in [5, 5.41) is 11.4. The number of piperidine rings is 1. The van der Waals surface area contributed by atoms with Gasteiger partial charge in [-0.3, -0.25) is 4.79 Å². The molecule has 1 aliphatic rings. The molecule has 1 atom stereocenters. The summed E-state index contributed by atoms with van der Waals surface area (Å²) >= 11 is 0. The molecule has 7 nitrogen and oxygen atoms in total. The van der Waals surface area contributed by atoms with Crippen LogP contribution in [0, 0.1) is 5.92 Å². The fourth-order valence-corrected chi connectivity index (χ4v) is 3.34. The molecule has 0 bridgehead atoms. The smallest absolute Gasteiger partial charge is 0.326 e. The van der Waals surface area contributed by atoms with Crippen molar-refractivity contribution in [2.45, 2.75) is 39.2 Å². The fraction of sp³-hybridized carbons (Fsp3) is 0.833. The summed E-state index contributed by atoms with van der Waals surface area (Å²) in [6.45, 7) is 3.92. The van der Waals surface area contributed by atoms with E-state index in [-0.39, 0.29) is 17.6 Å². The van der Waals surface area contributed by atoms with Crippen LogP contribution in [0.25, 0.3) is 0 Å². The quantitative estimate of drug-likeness (QED) is 0.720. The Kier molecular flexibility index (Phi) is 5.94. The number of carbonyl (C=O) groups is 2. The van der Waals surface area contributed by atoms with Crippen LogP contribution in [0.5, 0.6) is 0 Å². The van der Waals surface area contributed by atoms with Crippen LogP contribution in [0.4, 0.5) is 0 Å². The third kappa shape index (κ3) is 4.17. The van der Waals surface area contributed by atoms with E-state index in [0.717, 1.165) is 0 Å². The number of rotatable bonds is 6. The van der Waals surface area contributed by atoms with Crippen LogP contribution in [0.3, 0.4) is 0 Å². The minimum Gasteiger partial charge on any atom is -0.480 e. The molecule has 1 heterocycles. The average molecular weight is 306 g/mol. The van der Waals surface area contributed by atoms with Crippen LogP contribution in [-0.2, 0) is 19.6 Å². The summed E-state index contributed by atoms with van der Waals surface area (Å²) in [6.07, 6.45) is 1.19. The highest BCUT2D eigenvalue weighted by Gasteiger charge is 2.31. The van der Waals surface area contributed by atoms with E-state index in [0.29, 0.717) is 32.4 Å². The standard InChI is InChI=1S/C12H22N2O5S/c1-3-10(12(16)17)13-11(15)9-5-7-14(8-6-9)20(18,19)4-2/h9-10H,3-8H2,1-2H3,(H,13,15)(H,16,17)/t10-/m1/s1. The number of amides is 1. The topological polar surface area (TPSA) is 104 Å². The zero-order chi connectivity index (χ0) is 15.3. The van der Waals surface area contributed by atoms with Gasteiger partial charge in [0.2, 0.25) is 15.9 Å². The van der Waals surface area contributed by atoms with E-state index in [1.807, 2.05) is 0 Å². The molecule has 0 radical (unpaired) electrons. The maximum absolute atomic E-state index is 12.0. The molecule has 1 saturated heterocycles. The summed E-state index contributed by atoms with van der Waals surface area (Å²) in [5.41, 5.74) is 0. The van der Waals surface area contributed by atoms with Crippen LogP contribution >= 0.6 is 0 Å². The third-order valence-electron chi connectivity index (χ3n) is 3.61. The first-order chi connectivity index (χ1) is 9.31. The van der Waals surface area contributed by atoms with Crippen molar-refractivity contribution in [3.63, 3.8) is 0 Å². The SMILES string of the molecule is CC[C@@H](NC(=O)C1CCN(S(=O)(=O)CC)CC1)C(=O)O. The normalized spacial score (nSPS) is 19.5. The van der Waals surface area contributed by atoms with Crippen LogP contribution in [-0.4, -0.2) is 54.6 Å². The van der Waals surface area contributed by atoms with Gasteiger partial charge < -0.3 is 10.4 Å². The lowest BCUT2D eigenvalue weighted by Gasteiger charge is -2.30. The van der Waals surface area contributed by atoms with Gasteiger partial charge in [-0.2, -0.15) is 0 Å². The second-order valence-corrected chi connectivity index (χ2v) is 7.14. The molecular formula is C12H22N2O5S. The van der Waals surface area contributed by atoms with E-state index in [9.17, 15) is 18.0 Å². The lowest BCUT2D eigenvalue weighted by Crippen LogP contribution is -2.47. The average Bonchev–Trinajstić information content (AvgIpc) is 2.44. The molecule has 1 amide bonds. The van der Waals surface area contributed by atoms with Gasteiger partial charge in [0.25, 0.3) is 0 Å². The predicted octanol–water partition coefficient (Wildman–Crippen LogP) is 0.0275. The maximum Gasteiger partial charge on any atom is 0.326 e. The predicted molar refractivity (Wildman–Crippen MR) is 73.6 cm³/mol. The summed E-state index contributed by atoms with van der Waals surface area (Å²) in [6, 6.07) is -0.875. The van der Waals surface area contributed by atoms with Crippen molar-refractivity contribution in [3.8, 4) is 0 Å². The molecule has 1 rings (SSSR count). The summed E-state index contributed by atoms with van der Waals surface area (Å²) < 4.78 is 24.8. The van der Waals surface area contributed by atoms with E-state index in [1.165, 1.54) is 4.31 Å². The van der Waals surface area contributed by atoms with Crippen molar-refractivity contribution in [2.24, 2.45) is 5.92 Å². The molecular weight excluding hydrogens is 284 g/mol. The molecule has 0 unspecified atom stereocenters. The number of hydrogen-bond acceptors (Lipinski definition) is 4. The molecule has 0 aromatic rings. The zero-order valence-corrected chi connectivity index (χ0v) is 12.6. The Morgan fingerprint density at radius 2 is 1.85 bits per heavy atom. The van der Waals surface area contributed by atoms with Crippen LogP contribution < -0.4 is 5.32 Å². The highest BCUT2D eigenvalue weighted by Crippen LogP contribution is 2.20. The Hall–Kier alpha value is -1.15. The fourth-order valence-electron chi connectivity index (χ4n) is 2.21. The van der Waals surface area contributed by atoms with Crippen LogP contribution in [0.15, 0.2) is 0 Å². The van der Waals surface area contributed by atoms with Crippen molar-refractivity contribution >= 4 is 21.9 Å². The monoisotopic (exact) mass is 306 g/mol. The Morgan fingerprint density at radius 3 is 2.25 bits per heavy atom. The number of hydrogen-bond donors (Lipinski definition) is 2. The van der Waals surface area contributed by atoms with Crippen molar-refractivity contribution in [1.82, 2.24) is 9.62 Å². The van der Waals surface area contributed by atoms with Crippen LogP contribution in [0.1, 0.15) is 33.1 Å². The Bertz CT molecular complexity index is 454. The van der Waals surface area contributed by atoms with Crippen molar-refractivity contribution in [2.75, 3.05) is 18.8 Å². The highest BCUT2D eigenvalue weighted by atomic mass is 32.2. The van der Waals surface area contributed by atoms with Gasteiger partial charge >= 0.3 is 5.97 Å². The summed E-state index contributed by atoms with van der Waals surface area (Å²) in [4.78, 5) is 22.8. The van der Waals surface area contributed by atoms with Gasteiger partial charge in [-0.25, -0.2) is 17.5 Å². The van der Waals surface area contributed by atoms with E-state index in [2.05, 4.69) is 5.32 Å². The molecule has 0 aromatic carbocycles. The lowest BCUT2D eigenvalue weighted by atomic mass is 9.97. The molecule has 20 heavy (non-hydrogen) atoms. The molecule has 1 aliphatic heterocycles. The molecule has 0 saturated carbocycles. The lowest BCUT2D eigenvalue weighted by molar-refractivity contribution is -0.142. The molecule has 1 fully saturated rings. The molecule has 2 N–H and O–H groups in total. The minimum atomic E-state index is -3.20. The third-order valence-corrected chi connectivity index (χ3v) is 5.49. The zero-order valence-electron chi connectivity index (χ0n) is 11.8. The summed E-state index contributed by atoms with van der Waals surface area (Å²) in [7, 11) is -3.20. The molecule has 116 valence electrons. The van der Waals surface area contributed by atoms with Crippen LogP contribution in [0.2, 0.25) is 0 Å². The Labute approximate surface area is 119 Å². The van der Waals surface area contributed by atoms with Gasteiger partial charge in [-0.15, -0.1) is 0 Å². The second-order valence-electron chi connectivity index (χ2n) is 4.88. The Balaban J connectivity index is 2.53. The molecule has 8 heteroatoms. The first-order valence-corrected chi connectivity index (χ1v) is 8.43. The second kappa shape index (κ2) is 7.03. The van der Waals surface area contributed by atoms with Crippen molar-refractivity contribution < 1.29 is 23.1 Å². The Morgan fingerprint density at radius 1 is 1.30 bits per heavy atom. The number of nitrogens with one attached hydrogen (secondary N) is 1. The number of nitrogens with zero attached hydrogens (tertiary/aromatic N) is 1. The first-order valence-electron chi connectivity index (χ1n) is 6.82. The number of aliphatic carboxylic acids is 1. The van der Waals surface area contributed by atoms with E-state index >= 15 is 0 Å². The number of sulfonamides is 1. The van der Waals surface area contributed by atoms with Crippen molar-refractivity contribution in [1.29, 1.82) is 0 Å². The largest absolute Gasteiger partial charge is 0.480 e. The van der Waals surface area contributed by atoms with Crippen molar-refractivity contribution in [3.05, 3.63) is 0 Å². The van der Waals surface area contributed by atoms with E-state index < -0.39 is 22.0 Å². The van der Waals surface area contributed by atoms with E-state index in [1.54, 1.807) is 13.8 Å². The molecule has 0 aliphatic carbocycles. The van der Waals surface area contributed by atoms with Gasteiger partial charge in [0.15, 0.2) is 0 Å². The first kappa shape index (κ1) is 16.9. The highest BCUT2D eigenvalue weighted by molar-refractivity contribution is 7.89.